The van der Waals surface area contributed by atoms with Crippen molar-refractivity contribution < 1.29 is 0 Å². The second-order valence-electron chi connectivity index (χ2n) is 22.6. The zero-order chi connectivity index (χ0) is 44.4. The first-order valence-corrected chi connectivity index (χ1v) is 24.4. The van der Waals surface area contributed by atoms with Crippen LogP contribution < -0.4 is 9.80 Å². The molecule has 3 aliphatic carbocycles. The highest BCUT2D eigenvalue weighted by Crippen LogP contribution is 2.67. The van der Waals surface area contributed by atoms with E-state index in [1.165, 1.54) is 126 Å². The lowest BCUT2D eigenvalue weighted by Gasteiger charge is -2.47. The van der Waals surface area contributed by atoms with Crippen molar-refractivity contribution in [2.24, 2.45) is 10.8 Å². The summed E-state index contributed by atoms with van der Waals surface area (Å²) in [5, 5.41) is 5.40. The van der Waals surface area contributed by atoms with Gasteiger partial charge < -0.3 is 9.80 Å². The van der Waals surface area contributed by atoms with Gasteiger partial charge in [0.15, 0.2) is 0 Å². The number of fused-ring (bicyclic) bond motifs is 14. The molecule has 0 N–H and O–H groups in total. The summed E-state index contributed by atoms with van der Waals surface area (Å²) in [6.07, 6.45) is 4.89. The SMILES string of the molecule is CC1(C)c2cc(-c3ccc4c(c3)C3CCC(C)(C)C3(C)N4c3ccccc3)ccc2-c2c1c1ccc(-c3ccc4c(c3)C3CCC(C)(C)C3(C)N4c3ccccc3)cc1c1ccccc21. The highest BCUT2D eigenvalue weighted by molar-refractivity contribution is 6.19. The highest BCUT2D eigenvalue weighted by atomic mass is 15.3. The molecule has 13 rings (SSSR count). The minimum Gasteiger partial charge on any atom is -0.334 e. The highest BCUT2D eigenvalue weighted by Gasteiger charge is 2.62. The molecule has 5 aliphatic rings. The van der Waals surface area contributed by atoms with Crippen molar-refractivity contribution in [2.75, 3.05) is 9.80 Å². The van der Waals surface area contributed by atoms with Crippen molar-refractivity contribution in [2.45, 2.75) is 109 Å². The number of para-hydroxylation sites is 2. The fourth-order valence-electron chi connectivity index (χ4n) is 14.7. The van der Waals surface area contributed by atoms with Crippen molar-refractivity contribution in [3.05, 3.63) is 180 Å². The van der Waals surface area contributed by atoms with E-state index in [1.807, 2.05) is 0 Å². The third-order valence-corrected chi connectivity index (χ3v) is 18.7. The summed E-state index contributed by atoms with van der Waals surface area (Å²) in [4.78, 5) is 5.37. The average molecular weight is 845 g/mol. The van der Waals surface area contributed by atoms with Crippen LogP contribution in [0.2, 0.25) is 0 Å². The van der Waals surface area contributed by atoms with Crippen LogP contribution in [0.15, 0.2) is 158 Å². The Hall–Kier alpha value is -6.12. The molecule has 0 radical (unpaired) electrons. The molecule has 65 heavy (non-hydrogen) atoms. The van der Waals surface area contributed by atoms with E-state index in [0.29, 0.717) is 11.8 Å². The van der Waals surface area contributed by atoms with E-state index in [9.17, 15) is 0 Å². The number of benzene rings is 8. The Labute approximate surface area is 386 Å². The van der Waals surface area contributed by atoms with Gasteiger partial charge >= 0.3 is 0 Å². The molecule has 8 aromatic rings. The van der Waals surface area contributed by atoms with E-state index in [-0.39, 0.29) is 27.3 Å². The van der Waals surface area contributed by atoms with Crippen molar-refractivity contribution in [3.63, 3.8) is 0 Å². The normalized spacial score (nSPS) is 24.8. The van der Waals surface area contributed by atoms with E-state index in [0.717, 1.165) is 0 Å². The topological polar surface area (TPSA) is 6.48 Å². The molecule has 2 aliphatic heterocycles. The smallest absolute Gasteiger partial charge is 0.0543 e. The maximum Gasteiger partial charge on any atom is 0.0543 e. The van der Waals surface area contributed by atoms with E-state index in [2.05, 4.69) is 223 Å². The molecule has 4 atom stereocenters. The van der Waals surface area contributed by atoms with Gasteiger partial charge in [-0.1, -0.05) is 139 Å². The molecular weight excluding hydrogens is 785 g/mol. The molecule has 2 heterocycles. The van der Waals surface area contributed by atoms with Crippen LogP contribution in [-0.2, 0) is 5.41 Å². The van der Waals surface area contributed by atoms with Gasteiger partial charge in [0, 0.05) is 40.0 Å². The Kier molecular flexibility index (Phi) is 7.87. The van der Waals surface area contributed by atoms with Gasteiger partial charge in [0.25, 0.3) is 0 Å². The zero-order valence-corrected chi connectivity index (χ0v) is 39.4. The summed E-state index contributed by atoms with van der Waals surface area (Å²) >= 11 is 0. The molecular formula is C63H60N2. The second-order valence-corrected chi connectivity index (χ2v) is 22.6. The van der Waals surface area contributed by atoms with Crippen LogP contribution >= 0.6 is 0 Å². The lowest BCUT2D eigenvalue weighted by molar-refractivity contribution is 0.222. The molecule has 322 valence electrons. The molecule has 2 fully saturated rings. The number of hydrogen-bond donors (Lipinski definition) is 0. The third-order valence-electron chi connectivity index (χ3n) is 18.7. The third kappa shape index (κ3) is 4.96. The van der Waals surface area contributed by atoms with Gasteiger partial charge in [0.1, 0.15) is 0 Å². The summed E-state index contributed by atoms with van der Waals surface area (Å²) in [5.74, 6) is 0.971. The monoisotopic (exact) mass is 844 g/mol. The van der Waals surface area contributed by atoms with Crippen LogP contribution in [0.25, 0.3) is 54.9 Å². The Balaban J connectivity index is 0.915. The summed E-state index contributed by atoms with van der Waals surface area (Å²) in [5.41, 5.74) is 19.5. The van der Waals surface area contributed by atoms with Crippen LogP contribution in [-0.4, -0.2) is 11.1 Å². The summed E-state index contributed by atoms with van der Waals surface area (Å²) in [6.45, 7) is 19.9. The van der Waals surface area contributed by atoms with Gasteiger partial charge in [-0.05, 0) is 188 Å². The number of rotatable bonds is 4. The number of hydrogen-bond acceptors (Lipinski definition) is 2. The largest absolute Gasteiger partial charge is 0.334 e. The molecule has 0 saturated heterocycles. The maximum absolute atomic E-state index is 2.68. The minimum atomic E-state index is -0.187. The van der Waals surface area contributed by atoms with Gasteiger partial charge in [-0.15, -0.1) is 0 Å². The van der Waals surface area contributed by atoms with Crippen LogP contribution in [0.1, 0.15) is 115 Å². The number of nitrogens with zero attached hydrogens (tertiary/aromatic N) is 2. The molecule has 0 spiro atoms. The predicted octanol–water partition coefficient (Wildman–Crippen LogP) is 17.3. The first-order chi connectivity index (χ1) is 31.2. The molecule has 0 bridgehead atoms. The van der Waals surface area contributed by atoms with Gasteiger partial charge in [0.05, 0.1) is 11.1 Å². The van der Waals surface area contributed by atoms with E-state index >= 15 is 0 Å². The quantitative estimate of drug-likeness (QED) is 0.163. The lowest BCUT2D eigenvalue weighted by atomic mass is 9.72. The predicted molar refractivity (Wildman–Crippen MR) is 275 cm³/mol. The average Bonchev–Trinajstić information content (AvgIpc) is 3.99. The molecule has 0 amide bonds. The maximum atomic E-state index is 2.68. The first-order valence-electron chi connectivity index (χ1n) is 24.4. The molecule has 0 aromatic heterocycles. The molecule has 8 aromatic carbocycles. The molecule has 4 unspecified atom stereocenters. The molecule has 2 saturated carbocycles. The fourth-order valence-corrected chi connectivity index (χ4v) is 14.7. The van der Waals surface area contributed by atoms with Crippen LogP contribution in [0, 0.1) is 10.8 Å². The number of anilines is 4. The van der Waals surface area contributed by atoms with Gasteiger partial charge in [-0.25, -0.2) is 0 Å². The van der Waals surface area contributed by atoms with Crippen molar-refractivity contribution >= 4 is 44.3 Å². The van der Waals surface area contributed by atoms with E-state index in [4.69, 9.17) is 0 Å². The van der Waals surface area contributed by atoms with Crippen LogP contribution in [0.4, 0.5) is 22.7 Å². The van der Waals surface area contributed by atoms with Crippen molar-refractivity contribution in [3.8, 4) is 33.4 Å². The second kappa shape index (κ2) is 13.0. The Morgan fingerprint density at radius 2 is 0.877 bits per heavy atom. The minimum absolute atomic E-state index is 0.00852. The summed E-state index contributed by atoms with van der Waals surface area (Å²) in [7, 11) is 0. The van der Waals surface area contributed by atoms with E-state index < -0.39 is 0 Å². The Morgan fingerprint density at radius 1 is 0.415 bits per heavy atom. The van der Waals surface area contributed by atoms with E-state index in [1.54, 1.807) is 0 Å². The molecule has 2 nitrogen and oxygen atoms in total. The fraction of sp³-hybridized carbons (Fsp3) is 0.302. The van der Waals surface area contributed by atoms with Gasteiger partial charge in [-0.2, -0.15) is 0 Å². The Bertz CT molecular complexity index is 3300. The van der Waals surface area contributed by atoms with Crippen molar-refractivity contribution in [1.82, 2.24) is 0 Å². The van der Waals surface area contributed by atoms with Gasteiger partial charge in [0.2, 0.25) is 0 Å². The zero-order valence-electron chi connectivity index (χ0n) is 39.4. The first kappa shape index (κ1) is 39.3. The van der Waals surface area contributed by atoms with Crippen molar-refractivity contribution in [1.29, 1.82) is 0 Å². The summed E-state index contributed by atoms with van der Waals surface area (Å²) in [6, 6.07) is 60.9. The lowest BCUT2D eigenvalue weighted by Crippen LogP contribution is -2.50. The van der Waals surface area contributed by atoms with Gasteiger partial charge in [-0.3, -0.25) is 0 Å². The summed E-state index contributed by atoms with van der Waals surface area (Å²) < 4.78 is 0. The standard InChI is InChI=1S/C63H60N2/c1-59(2)33-31-52-50-36-40(25-29-55(50)64(62(52,59)7)43-17-11-9-12-18-43)39-23-27-47-49(35-39)45-21-15-16-22-46(45)57-48-28-24-42(38-54(48)61(5,6)58(47)57)41-26-30-56-51(37-41)53-32-34-60(3,4)63(53,8)65(56)44-19-13-10-14-20-44/h9-30,35-38,52-53H,31-34H2,1-8H3. The Morgan fingerprint density at radius 3 is 1.43 bits per heavy atom. The molecule has 2 heteroatoms. The van der Waals surface area contributed by atoms with Crippen LogP contribution in [0.5, 0.6) is 0 Å². The van der Waals surface area contributed by atoms with Crippen LogP contribution in [0.3, 0.4) is 0 Å².